The molecule has 0 aromatic rings. The van der Waals surface area contributed by atoms with Crippen molar-refractivity contribution < 1.29 is 19.5 Å². The quantitative estimate of drug-likeness (QED) is 0.737. The Labute approximate surface area is 109 Å². The molecule has 0 bridgehead atoms. The second kappa shape index (κ2) is 5.94. The van der Waals surface area contributed by atoms with Gasteiger partial charge in [-0.15, -0.1) is 11.8 Å². The van der Waals surface area contributed by atoms with Gasteiger partial charge in [0.05, 0.1) is 5.88 Å². The Morgan fingerprint density at radius 2 is 2.11 bits per heavy atom. The number of carbonyl (C=O) groups excluding carboxylic acids is 2. The summed E-state index contributed by atoms with van der Waals surface area (Å²) in [7, 11) is 0. The first-order chi connectivity index (χ1) is 8.34. The third-order valence-electron chi connectivity index (χ3n) is 2.61. The highest BCUT2D eigenvalue weighted by Gasteiger charge is 2.37. The lowest BCUT2D eigenvalue weighted by Crippen LogP contribution is -2.52. The van der Waals surface area contributed by atoms with Gasteiger partial charge in [0.15, 0.2) is 0 Å². The lowest BCUT2D eigenvalue weighted by Gasteiger charge is -2.31. The molecule has 1 heterocycles. The fourth-order valence-corrected chi connectivity index (χ4v) is 2.78. The SMILES string of the molecule is CC(C)N(CC(N)=O)C(=O)N1CSCC1C(=O)O. The number of nitrogens with two attached hydrogens (primary N) is 1. The van der Waals surface area contributed by atoms with E-state index in [1.165, 1.54) is 21.6 Å². The molecule has 0 spiro atoms. The maximum atomic E-state index is 12.2. The first kappa shape index (κ1) is 14.6. The average Bonchev–Trinajstić information content (AvgIpc) is 2.73. The number of thioether (sulfide) groups is 1. The number of carbonyl (C=O) groups is 3. The number of hydrogen-bond acceptors (Lipinski definition) is 4. The number of amides is 3. The molecule has 0 aliphatic carbocycles. The molecule has 1 unspecified atom stereocenters. The van der Waals surface area contributed by atoms with E-state index in [0.717, 1.165) is 0 Å². The number of nitrogens with zero attached hydrogens (tertiary/aromatic N) is 2. The van der Waals surface area contributed by atoms with Gasteiger partial charge in [0, 0.05) is 11.8 Å². The summed E-state index contributed by atoms with van der Waals surface area (Å²) in [4.78, 5) is 36.7. The average molecular weight is 275 g/mol. The summed E-state index contributed by atoms with van der Waals surface area (Å²) in [5.74, 6) is -0.964. The Kier molecular flexibility index (Phi) is 4.83. The van der Waals surface area contributed by atoms with E-state index in [-0.39, 0.29) is 12.6 Å². The molecule has 0 aromatic carbocycles. The summed E-state index contributed by atoms with van der Waals surface area (Å²) >= 11 is 1.38. The van der Waals surface area contributed by atoms with Crippen molar-refractivity contribution in [2.24, 2.45) is 5.73 Å². The summed E-state index contributed by atoms with van der Waals surface area (Å²) < 4.78 is 0. The summed E-state index contributed by atoms with van der Waals surface area (Å²) in [6.07, 6.45) is 0. The molecule has 3 amide bonds. The van der Waals surface area contributed by atoms with Crippen molar-refractivity contribution >= 4 is 29.7 Å². The number of aliphatic carboxylic acids is 1. The predicted octanol–water partition coefficient (Wildman–Crippen LogP) is -0.238. The largest absolute Gasteiger partial charge is 0.480 e. The third kappa shape index (κ3) is 3.28. The Morgan fingerprint density at radius 1 is 1.50 bits per heavy atom. The Hall–Kier alpha value is -1.44. The van der Waals surface area contributed by atoms with Gasteiger partial charge in [0.1, 0.15) is 12.6 Å². The Bertz CT molecular complexity index is 357. The lowest BCUT2D eigenvalue weighted by molar-refractivity contribution is -0.141. The van der Waals surface area contributed by atoms with Gasteiger partial charge in [0.2, 0.25) is 5.91 Å². The Balaban J connectivity index is 2.82. The van der Waals surface area contributed by atoms with Crippen molar-refractivity contribution in [1.29, 1.82) is 0 Å². The zero-order valence-corrected chi connectivity index (χ0v) is 11.1. The fourth-order valence-electron chi connectivity index (χ4n) is 1.64. The van der Waals surface area contributed by atoms with Crippen molar-refractivity contribution in [1.82, 2.24) is 9.80 Å². The highest BCUT2D eigenvalue weighted by Crippen LogP contribution is 2.23. The van der Waals surface area contributed by atoms with Crippen molar-refractivity contribution in [3.8, 4) is 0 Å². The van der Waals surface area contributed by atoms with Gasteiger partial charge in [-0.2, -0.15) is 0 Å². The molecule has 0 aromatic heterocycles. The standard InChI is InChI=1S/C10H17N3O4S/c1-6(2)12(3-8(11)14)10(17)13-5-18-4-7(13)9(15)16/h6-7H,3-5H2,1-2H3,(H2,11,14)(H,15,16). The maximum Gasteiger partial charge on any atom is 0.327 e. The molecule has 1 fully saturated rings. The van der Waals surface area contributed by atoms with E-state index >= 15 is 0 Å². The number of urea groups is 1. The van der Waals surface area contributed by atoms with E-state index in [1.54, 1.807) is 13.8 Å². The maximum absolute atomic E-state index is 12.2. The van der Waals surface area contributed by atoms with Crippen LogP contribution >= 0.6 is 11.8 Å². The van der Waals surface area contributed by atoms with Gasteiger partial charge in [0.25, 0.3) is 0 Å². The van der Waals surface area contributed by atoms with Crippen molar-refractivity contribution in [3.05, 3.63) is 0 Å². The highest BCUT2D eigenvalue weighted by molar-refractivity contribution is 7.99. The summed E-state index contributed by atoms with van der Waals surface area (Å²) in [6.45, 7) is 3.30. The van der Waals surface area contributed by atoms with Crippen LogP contribution in [0.25, 0.3) is 0 Å². The fraction of sp³-hybridized carbons (Fsp3) is 0.700. The summed E-state index contributed by atoms with van der Waals surface area (Å²) in [5.41, 5.74) is 5.09. The van der Waals surface area contributed by atoms with Crippen LogP contribution in [0.15, 0.2) is 0 Å². The van der Waals surface area contributed by atoms with Crippen LogP contribution < -0.4 is 5.73 Å². The molecule has 7 nitrogen and oxygen atoms in total. The number of primary amides is 1. The molecule has 102 valence electrons. The summed E-state index contributed by atoms with van der Waals surface area (Å²) in [6, 6.07) is -1.51. The topological polar surface area (TPSA) is 104 Å². The molecule has 1 saturated heterocycles. The zero-order chi connectivity index (χ0) is 13.9. The normalized spacial score (nSPS) is 19.1. The smallest absolute Gasteiger partial charge is 0.327 e. The molecule has 0 radical (unpaired) electrons. The van der Waals surface area contributed by atoms with Crippen LogP contribution in [-0.2, 0) is 9.59 Å². The number of hydrogen-bond donors (Lipinski definition) is 2. The van der Waals surface area contributed by atoms with E-state index in [4.69, 9.17) is 10.8 Å². The van der Waals surface area contributed by atoms with Crippen LogP contribution in [0, 0.1) is 0 Å². The monoisotopic (exact) mass is 275 g/mol. The molecular weight excluding hydrogens is 258 g/mol. The van der Waals surface area contributed by atoms with Gasteiger partial charge in [-0.1, -0.05) is 0 Å². The van der Waals surface area contributed by atoms with Gasteiger partial charge >= 0.3 is 12.0 Å². The molecule has 8 heteroatoms. The van der Waals surface area contributed by atoms with Gasteiger partial charge in [-0.25, -0.2) is 9.59 Å². The van der Waals surface area contributed by atoms with Crippen LogP contribution in [-0.4, -0.2) is 63.1 Å². The van der Waals surface area contributed by atoms with Crippen LogP contribution in [0.4, 0.5) is 4.79 Å². The van der Waals surface area contributed by atoms with Gasteiger partial charge in [-0.05, 0) is 13.8 Å². The highest BCUT2D eigenvalue weighted by atomic mass is 32.2. The number of rotatable bonds is 4. The van der Waals surface area contributed by atoms with E-state index in [9.17, 15) is 14.4 Å². The molecule has 18 heavy (non-hydrogen) atoms. The van der Waals surface area contributed by atoms with Gasteiger partial charge in [-0.3, -0.25) is 4.79 Å². The van der Waals surface area contributed by atoms with E-state index < -0.39 is 23.9 Å². The van der Waals surface area contributed by atoms with Crippen molar-refractivity contribution in [3.63, 3.8) is 0 Å². The minimum absolute atomic E-state index is 0.204. The molecule has 1 rings (SSSR count). The Morgan fingerprint density at radius 3 is 2.56 bits per heavy atom. The van der Waals surface area contributed by atoms with E-state index in [0.29, 0.717) is 11.6 Å². The predicted molar refractivity (Wildman–Crippen MR) is 67.0 cm³/mol. The minimum Gasteiger partial charge on any atom is -0.480 e. The third-order valence-corrected chi connectivity index (χ3v) is 3.62. The molecule has 0 saturated carbocycles. The second-order valence-corrected chi connectivity index (χ2v) is 5.29. The second-order valence-electron chi connectivity index (χ2n) is 4.29. The van der Waals surface area contributed by atoms with Crippen LogP contribution in [0.3, 0.4) is 0 Å². The minimum atomic E-state index is -1.03. The van der Waals surface area contributed by atoms with Crippen LogP contribution in [0.1, 0.15) is 13.8 Å². The van der Waals surface area contributed by atoms with Crippen molar-refractivity contribution in [2.75, 3.05) is 18.2 Å². The van der Waals surface area contributed by atoms with E-state index in [1.807, 2.05) is 0 Å². The number of carboxylic acid groups (broad SMARTS) is 1. The zero-order valence-electron chi connectivity index (χ0n) is 10.3. The lowest BCUT2D eigenvalue weighted by atomic mass is 10.3. The van der Waals surface area contributed by atoms with Gasteiger partial charge < -0.3 is 20.6 Å². The molecule has 1 atom stereocenters. The van der Waals surface area contributed by atoms with Crippen molar-refractivity contribution in [2.45, 2.75) is 25.9 Å². The van der Waals surface area contributed by atoms with Crippen LogP contribution in [0.2, 0.25) is 0 Å². The number of carboxylic acids is 1. The van der Waals surface area contributed by atoms with E-state index in [2.05, 4.69) is 0 Å². The first-order valence-electron chi connectivity index (χ1n) is 5.50. The molecule has 1 aliphatic rings. The first-order valence-corrected chi connectivity index (χ1v) is 6.66. The van der Waals surface area contributed by atoms with Crippen LogP contribution in [0.5, 0.6) is 0 Å². The summed E-state index contributed by atoms with van der Waals surface area (Å²) in [5, 5.41) is 9.02. The molecule has 1 aliphatic heterocycles. The molecular formula is C10H17N3O4S. The molecule has 3 N–H and O–H groups in total.